The lowest BCUT2D eigenvalue weighted by Crippen LogP contribution is -2.53. The molecule has 0 heterocycles. The summed E-state index contributed by atoms with van der Waals surface area (Å²) in [6, 6.07) is 0. The number of hydrogen-bond acceptors (Lipinski definition) is 2. The zero-order chi connectivity index (χ0) is 13.2. The third-order valence-electron chi connectivity index (χ3n) is 1.46. The van der Waals surface area contributed by atoms with Crippen LogP contribution in [0.4, 0.5) is 30.7 Å². The molecule has 0 aliphatic rings. The minimum Gasteiger partial charge on any atom is -0.379 e. The van der Waals surface area contributed by atoms with E-state index in [0.29, 0.717) is 11.8 Å². The van der Waals surface area contributed by atoms with Gasteiger partial charge >= 0.3 is 18.0 Å². The first-order chi connectivity index (χ1) is 6.95. The SMILES string of the molecule is CSC(N)=NCC(F)(F)C(F)(F)C(F)(F)F.I. The topological polar surface area (TPSA) is 38.4 Å². The summed E-state index contributed by atoms with van der Waals surface area (Å²) in [5.41, 5.74) is 4.89. The third-order valence-corrected chi connectivity index (χ3v) is 2.01. The first-order valence-electron chi connectivity index (χ1n) is 3.62. The van der Waals surface area contributed by atoms with Crippen LogP contribution in [0.5, 0.6) is 0 Å². The summed E-state index contributed by atoms with van der Waals surface area (Å²) in [5, 5.41) is -0.502. The van der Waals surface area contributed by atoms with Crippen LogP contribution in [0.25, 0.3) is 0 Å². The number of amidine groups is 1. The minimum absolute atomic E-state index is 0. The number of nitrogens with zero attached hydrogens (tertiary/aromatic N) is 1. The molecular formula is C6H8F7IN2S. The van der Waals surface area contributed by atoms with Crippen molar-refractivity contribution in [3.05, 3.63) is 0 Å². The van der Waals surface area contributed by atoms with E-state index in [2.05, 4.69) is 4.99 Å². The van der Waals surface area contributed by atoms with Crippen LogP contribution in [0.2, 0.25) is 0 Å². The van der Waals surface area contributed by atoms with Crippen molar-refractivity contribution >= 4 is 40.9 Å². The fourth-order valence-electron chi connectivity index (χ4n) is 0.548. The highest BCUT2D eigenvalue weighted by atomic mass is 127. The van der Waals surface area contributed by atoms with E-state index in [1.165, 1.54) is 6.26 Å². The molecule has 0 saturated carbocycles. The van der Waals surface area contributed by atoms with Crippen molar-refractivity contribution in [1.29, 1.82) is 0 Å². The van der Waals surface area contributed by atoms with Crippen molar-refractivity contribution in [2.75, 3.05) is 12.8 Å². The van der Waals surface area contributed by atoms with Crippen molar-refractivity contribution in [2.24, 2.45) is 10.7 Å². The highest BCUT2D eigenvalue weighted by Gasteiger charge is 2.72. The van der Waals surface area contributed by atoms with Gasteiger partial charge in [-0.3, -0.25) is 4.99 Å². The van der Waals surface area contributed by atoms with Gasteiger partial charge in [-0.05, 0) is 6.26 Å². The summed E-state index contributed by atoms with van der Waals surface area (Å²) in [5.74, 6) is -11.5. The predicted octanol–water partition coefficient (Wildman–Crippen LogP) is 3.12. The lowest BCUT2D eigenvalue weighted by molar-refractivity contribution is -0.351. The molecule has 0 amide bonds. The number of halogens is 8. The number of thioether (sulfide) groups is 1. The first kappa shape index (κ1) is 19.4. The molecule has 0 aliphatic heterocycles. The van der Waals surface area contributed by atoms with Crippen LogP contribution in [-0.2, 0) is 0 Å². The fraction of sp³-hybridized carbons (Fsp3) is 0.833. The molecule has 0 aromatic heterocycles. The zero-order valence-electron chi connectivity index (χ0n) is 8.19. The van der Waals surface area contributed by atoms with Gasteiger partial charge < -0.3 is 5.73 Å². The molecule has 0 spiro atoms. The second-order valence-electron chi connectivity index (χ2n) is 2.64. The van der Waals surface area contributed by atoms with Crippen LogP contribution in [0, 0.1) is 0 Å². The van der Waals surface area contributed by atoms with Gasteiger partial charge in [-0.1, -0.05) is 11.8 Å². The molecule has 0 radical (unpaired) electrons. The van der Waals surface area contributed by atoms with Gasteiger partial charge in [-0.25, -0.2) is 0 Å². The molecule has 0 aliphatic carbocycles. The van der Waals surface area contributed by atoms with Gasteiger partial charge in [0, 0.05) is 0 Å². The van der Waals surface area contributed by atoms with E-state index in [-0.39, 0.29) is 24.0 Å². The van der Waals surface area contributed by atoms with E-state index in [4.69, 9.17) is 5.73 Å². The van der Waals surface area contributed by atoms with Crippen LogP contribution < -0.4 is 5.73 Å². The summed E-state index contributed by atoms with van der Waals surface area (Å²) in [6.07, 6.45) is -5.03. The van der Waals surface area contributed by atoms with Gasteiger partial charge in [0.2, 0.25) is 0 Å². The summed E-state index contributed by atoms with van der Waals surface area (Å²) in [4.78, 5) is 2.72. The van der Waals surface area contributed by atoms with Crippen molar-refractivity contribution in [3.8, 4) is 0 Å². The van der Waals surface area contributed by atoms with Gasteiger partial charge in [-0.2, -0.15) is 30.7 Å². The Hall–Kier alpha value is 0.0600. The van der Waals surface area contributed by atoms with Crippen LogP contribution >= 0.6 is 35.7 Å². The number of nitrogens with two attached hydrogens (primary N) is 1. The summed E-state index contributed by atoms with van der Waals surface area (Å²) in [6.45, 7) is -2.02. The largest absolute Gasteiger partial charge is 0.459 e. The lowest BCUT2D eigenvalue weighted by atomic mass is 10.1. The summed E-state index contributed by atoms with van der Waals surface area (Å²) < 4.78 is 84.5. The van der Waals surface area contributed by atoms with Gasteiger partial charge in [0.25, 0.3) is 0 Å². The lowest BCUT2D eigenvalue weighted by Gasteiger charge is -2.26. The Kier molecular flexibility index (Phi) is 7.18. The third kappa shape index (κ3) is 4.67. The Morgan fingerprint density at radius 3 is 1.82 bits per heavy atom. The maximum Gasteiger partial charge on any atom is 0.459 e. The quantitative estimate of drug-likeness (QED) is 0.342. The molecule has 0 saturated heterocycles. The van der Waals surface area contributed by atoms with E-state index >= 15 is 0 Å². The minimum atomic E-state index is -6.33. The summed E-state index contributed by atoms with van der Waals surface area (Å²) >= 11 is 0.652. The Bertz CT molecular complexity index is 278. The molecule has 2 nitrogen and oxygen atoms in total. The number of aliphatic imine (C=N–C) groups is 1. The average molecular weight is 400 g/mol. The Balaban J connectivity index is 0. The van der Waals surface area contributed by atoms with Gasteiger partial charge in [0.1, 0.15) is 6.54 Å². The molecule has 0 aromatic carbocycles. The molecule has 0 aromatic rings. The summed E-state index contributed by atoms with van der Waals surface area (Å²) in [7, 11) is 0. The Morgan fingerprint density at radius 1 is 1.12 bits per heavy atom. The molecule has 2 N–H and O–H groups in total. The fourth-order valence-corrected chi connectivity index (χ4v) is 0.742. The standard InChI is InChI=1S/C6H7F7N2S.HI/c1-16-3(14)15-2-4(7,8)5(9,10)6(11,12)13;/h2H2,1H3,(H2,14,15);1H. The van der Waals surface area contributed by atoms with Gasteiger partial charge in [0.05, 0.1) is 0 Å². The molecular weight excluding hydrogens is 392 g/mol. The van der Waals surface area contributed by atoms with Crippen molar-refractivity contribution in [3.63, 3.8) is 0 Å². The number of rotatable bonds is 3. The van der Waals surface area contributed by atoms with Crippen molar-refractivity contribution in [1.82, 2.24) is 0 Å². The molecule has 0 rings (SSSR count). The van der Waals surface area contributed by atoms with Gasteiger partial charge in [0.15, 0.2) is 5.17 Å². The normalized spacial score (nSPS) is 14.5. The molecule has 0 bridgehead atoms. The van der Waals surface area contributed by atoms with E-state index in [0.717, 1.165) is 0 Å². The second kappa shape index (κ2) is 6.29. The molecule has 104 valence electrons. The first-order valence-corrected chi connectivity index (χ1v) is 4.84. The monoisotopic (exact) mass is 400 g/mol. The molecule has 17 heavy (non-hydrogen) atoms. The van der Waals surface area contributed by atoms with Crippen LogP contribution in [-0.4, -0.2) is 36.0 Å². The second-order valence-corrected chi connectivity index (χ2v) is 3.46. The maximum absolute atomic E-state index is 12.6. The Labute approximate surface area is 113 Å². The molecule has 0 atom stereocenters. The highest BCUT2D eigenvalue weighted by Crippen LogP contribution is 2.46. The number of hydrogen-bond donors (Lipinski definition) is 1. The van der Waals surface area contributed by atoms with Crippen molar-refractivity contribution in [2.45, 2.75) is 18.0 Å². The zero-order valence-corrected chi connectivity index (χ0v) is 11.3. The molecule has 0 unspecified atom stereocenters. The smallest absolute Gasteiger partial charge is 0.379 e. The molecule has 0 fully saturated rings. The van der Waals surface area contributed by atoms with E-state index in [9.17, 15) is 30.7 Å². The van der Waals surface area contributed by atoms with Crippen LogP contribution in [0.3, 0.4) is 0 Å². The van der Waals surface area contributed by atoms with E-state index < -0.39 is 29.7 Å². The van der Waals surface area contributed by atoms with E-state index in [1.54, 1.807) is 0 Å². The average Bonchev–Trinajstić information content (AvgIpc) is 2.12. The van der Waals surface area contributed by atoms with Crippen LogP contribution in [0.1, 0.15) is 0 Å². The number of alkyl halides is 7. The predicted molar refractivity (Wildman–Crippen MR) is 61.4 cm³/mol. The highest BCUT2D eigenvalue weighted by molar-refractivity contribution is 14.0. The van der Waals surface area contributed by atoms with Gasteiger partial charge in [-0.15, -0.1) is 24.0 Å². The molecule has 11 heteroatoms. The van der Waals surface area contributed by atoms with E-state index in [1.807, 2.05) is 0 Å². The van der Waals surface area contributed by atoms with Crippen molar-refractivity contribution < 1.29 is 30.7 Å². The maximum atomic E-state index is 12.6. The Morgan fingerprint density at radius 2 is 1.53 bits per heavy atom. The van der Waals surface area contributed by atoms with Crippen LogP contribution in [0.15, 0.2) is 4.99 Å².